The summed E-state index contributed by atoms with van der Waals surface area (Å²) in [6.07, 6.45) is 2.07. The summed E-state index contributed by atoms with van der Waals surface area (Å²) in [7, 11) is 1.49. The van der Waals surface area contributed by atoms with E-state index >= 15 is 0 Å². The number of carbonyl (C=O) groups is 2. The number of aromatic nitrogens is 1. The first kappa shape index (κ1) is 20.5. The van der Waals surface area contributed by atoms with Gasteiger partial charge in [-0.15, -0.1) is 0 Å². The summed E-state index contributed by atoms with van der Waals surface area (Å²) in [5, 5.41) is 3.93. The molecular formula is C23H26N2O4. The van der Waals surface area contributed by atoms with Crippen molar-refractivity contribution in [1.82, 2.24) is 4.57 Å². The predicted molar refractivity (Wildman–Crippen MR) is 114 cm³/mol. The van der Waals surface area contributed by atoms with Gasteiger partial charge in [-0.05, 0) is 55.3 Å². The van der Waals surface area contributed by atoms with Crippen LogP contribution in [0.5, 0.6) is 11.5 Å². The molecule has 29 heavy (non-hydrogen) atoms. The third-order valence-corrected chi connectivity index (χ3v) is 4.55. The zero-order chi connectivity index (χ0) is 21.0. The molecule has 6 nitrogen and oxygen atoms in total. The molecule has 0 saturated carbocycles. The number of carbonyl (C=O) groups excluding carboxylic acids is 2. The molecule has 0 aliphatic rings. The van der Waals surface area contributed by atoms with Crippen molar-refractivity contribution >= 4 is 28.3 Å². The average molecular weight is 394 g/mol. The highest BCUT2D eigenvalue weighted by Crippen LogP contribution is 2.28. The number of ether oxygens (including phenoxy) is 2. The fraction of sp³-hybridized carbons (Fsp3) is 0.304. The van der Waals surface area contributed by atoms with Crippen LogP contribution in [0.3, 0.4) is 0 Å². The molecule has 1 aromatic heterocycles. The van der Waals surface area contributed by atoms with Gasteiger partial charge >= 0.3 is 0 Å². The number of hydrogen-bond acceptors (Lipinski definition) is 4. The number of methoxy groups -OCH3 is 1. The van der Waals surface area contributed by atoms with E-state index < -0.39 is 0 Å². The van der Waals surface area contributed by atoms with Gasteiger partial charge in [-0.25, -0.2) is 0 Å². The number of hydrogen-bond donors (Lipinski definition) is 1. The lowest BCUT2D eigenvalue weighted by molar-refractivity contribution is -0.118. The van der Waals surface area contributed by atoms with E-state index in [2.05, 4.69) is 29.9 Å². The SMILES string of the molecule is COc1cc(C(C)=O)ccc1OCC(=O)Nc1ccc2c(ccn2CC(C)C)c1. The Kier molecular flexibility index (Phi) is 6.22. The van der Waals surface area contributed by atoms with Gasteiger partial charge < -0.3 is 19.4 Å². The Labute approximate surface area is 170 Å². The Morgan fingerprint density at radius 2 is 1.86 bits per heavy atom. The van der Waals surface area contributed by atoms with Gasteiger partial charge in [0.25, 0.3) is 5.91 Å². The first-order valence-corrected chi connectivity index (χ1v) is 9.58. The molecule has 3 aromatic rings. The van der Waals surface area contributed by atoms with Crippen molar-refractivity contribution in [1.29, 1.82) is 0 Å². The number of ketones is 1. The summed E-state index contributed by atoms with van der Waals surface area (Å²) < 4.78 is 13.0. The van der Waals surface area contributed by atoms with Crippen molar-refractivity contribution in [2.75, 3.05) is 19.0 Å². The second-order valence-corrected chi connectivity index (χ2v) is 7.39. The fourth-order valence-electron chi connectivity index (χ4n) is 3.18. The summed E-state index contributed by atoms with van der Waals surface area (Å²) in [6, 6.07) is 12.8. The first-order chi connectivity index (χ1) is 13.9. The monoisotopic (exact) mass is 394 g/mol. The van der Waals surface area contributed by atoms with Crippen LogP contribution in [0.2, 0.25) is 0 Å². The maximum absolute atomic E-state index is 12.3. The van der Waals surface area contributed by atoms with Crippen LogP contribution in [-0.4, -0.2) is 30.0 Å². The number of rotatable bonds is 8. The van der Waals surface area contributed by atoms with E-state index in [1.807, 2.05) is 24.3 Å². The van der Waals surface area contributed by atoms with E-state index in [9.17, 15) is 9.59 Å². The molecule has 1 heterocycles. The van der Waals surface area contributed by atoms with Crippen molar-refractivity contribution in [3.63, 3.8) is 0 Å². The van der Waals surface area contributed by atoms with E-state index in [4.69, 9.17) is 9.47 Å². The molecule has 0 spiro atoms. The van der Waals surface area contributed by atoms with Crippen molar-refractivity contribution in [3.05, 3.63) is 54.2 Å². The van der Waals surface area contributed by atoms with Crippen molar-refractivity contribution in [2.45, 2.75) is 27.3 Å². The Bertz CT molecular complexity index is 1040. The summed E-state index contributed by atoms with van der Waals surface area (Å²) >= 11 is 0. The molecule has 0 bridgehead atoms. The molecule has 0 aliphatic carbocycles. The van der Waals surface area contributed by atoms with Gasteiger partial charge in [-0.3, -0.25) is 9.59 Å². The Morgan fingerprint density at radius 3 is 2.55 bits per heavy atom. The minimum atomic E-state index is -0.274. The molecule has 0 unspecified atom stereocenters. The quantitative estimate of drug-likeness (QED) is 0.570. The zero-order valence-corrected chi connectivity index (χ0v) is 17.2. The lowest BCUT2D eigenvalue weighted by atomic mass is 10.1. The van der Waals surface area contributed by atoms with E-state index in [-0.39, 0.29) is 18.3 Å². The summed E-state index contributed by atoms with van der Waals surface area (Å²) in [6.45, 7) is 6.64. The van der Waals surface area contributed by atoms with Gasteiger partial charge in [0.05, 0.1) is 7.11 Å². The Hall–Kier alpha value is -3.28. The van der Waals surface area contributed by atoms with Gasteiger partial charge in [0.1, 0.15) is 0 Å². The minimum absolute atomic E-state index is 0.0646. The van der Waals surface area contributed by atoms with Crippen molar-refractivity contribution in [3.8, 4) is 11.5 Å². The molecule has 6 heteroatoms. The zero-order valence-electron chi connectivity index (χ0n) is 17.2. The smallest absolute Gasteiger partial charge is 0.262 e. The number of nitrogens with zero attached hydrogens (tertiary/aromatic N) is 1. The van der Waals surface area contributed by atoms with Crippen molar-refractivity contribution < 1.29 is 19.1 Å². The Morgan fingerprint density at radius 1 is 1.07 bits per heavy atom. The molecule has 3 rings (SSSR count). The van der Waals surface area contributed by atoms with Crippen LogP contribution in [0.25, 0.3) is 10.9 Å². The maximum Gasteiger partial charge on any atom is 0.262 e. The van der Waals surface area contributed by atoms with Crippen molar-refractivity contribution in [2.24, 2.45) is 5.92 Å². The molecule has 0 saturated heterocycles. The van der Waals surface area contributed by atoms with Gasteiger partial charge in [0.2, 0.25) is 0 Å². The van der Waals surface area contributed by atoms with Crippen LogP contribution in [-0.2, 0) is 11.3 Å². The summed E-state index contributed by atoms with van der Waals surface area (Å²) in [5.41, 5.74) is 2.38. The van der Waals surface area contributed by atoms with E-state index in [0.717, 1.165) is 17.4 Å². The highest BCUT2D eigenvalue weighted by Gasteiger charge is 2.11. The highest BCUT2D eigenvalue weighted by atomic mass is 16.5. The van der Waals surface area contributed by atoms with Crippen LogP contribution in [0, 0.1) is 5.92 Å². The second kappa shape index (κ2) is 8.82. The predicted octanol–water partition coefficient (Wildman–Crippen LogP) is 4.53. The molecule has 2 aromatic carbocycles. The number of nitrogens with one attached hydrogen (secondary N) is 1. The van der Waals surface area contributed by atoms with E-state index in [1.54, 1.807) is 18.2 Å². The third-order valence-electron chi connectivity index (χ3n) is 4.55. The Balaban J connectivity index is 1.64. The minimum Gasteiger partial charge on any atom is -0.493 e. The van der Waals surface area contributed by atoms with Crippen LogP contribution in [0.1, 0.15) is 31.1 Å². The lowest BCUT2D eigenvalue weighted by Crippen LogP contribution is -2.20. The molecule has 0 fully saturated rings. The number of Topliss-reactive ketones (excluding diaryl/α,β-unsaturated/α-hetero) is 1. The van der Waals surface area contributed by atoms with E-state index in [1.165, 1.54) is 14.0 Å². The average Bonchev–Trinajstić information content (AvgIpc) is 3.07. The molecule has 0 aliphatic heterocycles. The molecule has 0 radical (unpaired) electrons. The maximum atomic E-state index is 12.3. The van der Waals surface area contributed by atoms with Crippen LogP contribution in [0.15, 0.2) is 48.7 Å². The van der Waals surface area contributed by atoms with Crippen LogP contribution < -0.4 is 14.8 Å². The molecule has 152 valence electrons. The second-order valence-electron chi connectivity index (χ2n) is 7.39. The topological polar surface area (TPSA) is 69.6 Å². The normalized spacial score (nSPS) is 10.9. The third kappa shape index (κ3) is 4.96. The molecule has 1 amide bonds. The lowest BCUT2D eigenvalue weighted by Gasteiger charge is -2.12. The summed E-state index contributed by atoms with van der Waals surface area (Å²) in [5.74, 6) is 1.05. The molecule has 1 N–H and O–H groups in total. The summed E-state index contributed by atoms with van der Waals surface area (Å²) in [4.78, 5) is 23.8. The fourth-order valence-corrected chi connectivity index (χ4v) is 3.18. The highest BCUT2D eigenvalue weighted by molar-refractivity contribution is 5.95. The number of fused-ring (bicyclic) bond motifs is 1. The standard InChI is InChI=1S/C23H26N2O4/c1-15(2)13-25-10-9-18-11-19(6-7-20(18)25)24-23(27)14-29-21-8-5-17(16(3)26)12-22(21)28-4/h5-12,15H,13-14H2,1-4H3,(H,24,27). The number of amides is 1. The van der Waals surface area contributed by atoms with Crippen LogP contribution >= 0.6 is 0 Å². The number of benzene rings is 2. The van der Waals surface area contributed by atoms with Crippen LogP contribution in [0.4, 0.5) is 5.69 Å². The van der Waals surface area contributed by atoms with E-state index in [0.29, 0.717) is 28.7 Å². The van der Waals surface area contributed by atoms with Gasteiger partial charge in [0.15, 0.2) is 23.9 Å². The van der Waals surface area contributed by atoms with Gasteiger partial charge in [-0.2, -0.15) is 0 Å². The van der Waals surface area contributed by atoms with Gasteiger partial charge in [0, 0.05) is 34.9 Å². The first-order valence-electron chi connectivity index (χ1n) is 9.58. The van der Waals surface area contributed by atoms with Gasteiger partial charge in [-0.1, -0.05) is 13.8 Å². The largest absolute Gasteiger partial charge is 0.493 e. The number of anilines is 1. The molecule has 0 atom stereocenters. The molecular weight excluding hydrogens is 368 g/mol.